The quantitative estimate of drug-likeness (QED) is 0.719. The summed E-state index contributed by atoms with van der Waals surface area (Å²) in [6.07, 6.45) is 1.39. The molecule has 0 saturated heterocycles. The summed E-state index contributed by atoms with van der Waals surface area (Å²) in [6.45, 7) is 0. The van der Waals surface area contributed by atoms with E-state index in [4.69, 9.17) is 5.11 Å². The number of carboxylic acid groups (broad SMARTS) is 1. The van der Waals surface area contributed by atoms with Crippen molar-refractivity contribution >= 4 is 33.4 Å². The van der Waals surface area contributed by atoms with Crippen LogP contribution in [0.3, 0.4) is 0 Å². The lowest BCUT2D eigenvalue weighted by molar-refractivity contribution is -0.134. The average molecular weight is 314 g/mol. The molecule has 1 aromatic carbocycles. The van der Waals surface area contributed by atoms with Crippen LogP contribution in [0.25, 0.3) is 0 Å². The highest BCUT2D eigenvalue weighted by Crippen LogP contribution is 2.25. The minimum Gasteiger partial charge on any atom is -0.480 e. The Kier molecular flexibility index (Phi) is 4.25. The topological polar surface area (TPSA) is 125 Å². The Morgan fingerprint density at radius 1 is 1.35 bits per heavy atom. The molecule has 0 radical (unpaired) electrons. The van der Waals surface area contributed by atoms with Gasteiger partial charge >= 0.3 is 5.97 Å². The number of sulfonamides is 1. The Morgan fingerprint density at radius 2 is 2.05 bits per heavy atom. The molecule has 0 spiro atoms. The lowest BCUT2D eigenvalue weighted by Gasteiger charge is -2.06. The van der Waals surface area contributed by atoms with Gasteiger partial charge in [-0.2, -0.15) is 5.10 Å². The third kappa shape index (κ3) is 4.24. The van der Waals surface area contributed by atoms with E-state index in [0.29, 0.717) is 10.8 Å². The van der Waals surface area contributed by atoms with Crippen LogP contribution in [0.1, 0.15) is 0 Å². The van der Waals surface area contributed by atoms with Gasteiger partial charge in [-0.25, -0.2) is 13.4 Å². The first kappa shape index (κ1) is 14.3. The van der Waals surface area contributed by atoms with Crippen molar-refractivity contribution in [2.24, 2.45) is 0 Å². The first-order valence-electron chi connectivity index (χ1n) is 5.30. The zero-order valence-corrected chi connectivity index (χ0v) is 11.6. The van der Waals surface area contributed by atoms with Crippen LogP contribution in [0.5, 0.6) is 0 Å². The zero-order valence-electron chi connectivity index (χ0n) is 9.98. The van der Waals surface area contributed by atoms with Gasteiger partial charge in [-0.15, -0.1) is 0 Å². The highest BCUT2D eigenvalue weighted by Gasteiger charge is 2.15. The Morgan fingerprint density at radius 3 is 2.60 bits per heavy atom. The van der Waals surface area contributed by atoms with E-state index < -0.39 is 21.7 Å². The highest BCUT2D eigenvalue weighted by molar-refractivity contribution is 7.99. The molecule has 0 saturated carbocycles. The van der Waals surface area contributed by atoms with E-state index >= 15 is 0 Å². The maximum atomic E-state index is 11.4. The number of aromatic nitrogens is 3. The molecule has 20 heavy (non-hydrogen) atoms. The maximum Gasteiger partial charge on any atom is 0.320 e. The van der Waals surface area contributed by atoms with Gasteiger partial charge in [0.25, 0.3) is 0 Å². The van der Waals surface area contributed by atoms with Crippen LogP contribution in [-0.2, 0) is 14.8 Å². The van der Waals surface area contributed by atoms with Gasteiger partial charge in [0.1, 0.15) is 6.33 Å². The minimum atomic E-state index is -3.88. The van der Waals surface area contributed by atoms with Gasteiger partial charge in [0.2, 0.25) is 10.0 Å². The molecule has 10 heteroatoms. The van der Waals surface area contributed by atoms with Gasteiger partial charge in [0, 0.05) is 10.6 Å². The average Bonchev–Trinajstić information content (AvgIpc) is 2.82. The van der Waals surface area contributed by atoms with Gasteiger partial charge in [-0.05, 0) is 24.3 Å². The number of hydrogen-bond donors (Lipinski definition) is 3. The molecule has 1 heterocycles. The number of hydrogen-bond acceptors (Lipinski definition) is 6. The summed E-state index contributed by atoms with van der Waals surface area (Å²) in [5.41, 5.74) is 0.299. The number of aromatic amines is 1. The SMILES string of the molecule is O=C(O)CS(=O)(=O)Nc1ccc(Sc2ncn[nH]2)cc1. The second-order valence-electron chi connectivity index (χ2n) is 3.67. The van der Waals surface area contributed by atoms with Gasteiger partial charge in [0.15, 0.2) is 10.9 Å². The van der Waals surface area contributed by atoms with Crippen LogP contribution in [0.2, 0.25) is 0 Å². The van der Waals surface area contributed by atoms with Crippen LogP contribution in [0.15, 0.2) is 40.6 Å². The standard InChI is InChI=1S/C10H10N4O4S2/c15-9(16)5-20(17,18)14-7-1-3-8(4-2-7)19-10-11-6-12-13-10/h1-4,6,14H,5H2,(H,15,16)(H,11,12,13). The van der Waals surface area contributed by atoms with E-state index in [1.807, 2.05) is 0 Å². The van der Waals surface area contributed by atoms with Crippen molar-refractivity contribution in [3.8, 4) is 0 Å². The summed E-state index contributed by atoms with van der Waals surface area (Å²) in [5.74, 6) is -2.38. The monoisotopic (exact) mass is 314 g/mol. The lowest BCUT2D eigenvalue weighted by Crippen LogP contribution is -2.22. The Labute approximate surface area is 118 Å². The fourth-order valence-electron chi connectivity index (χ4n) is 1.32. The summed E-state index contributed by atoms with van der Waals surface area (Å²) < 4.78 is 25.0. The number of carbonyl (C=O) groups is 1. The summed E-state index contributed by atoms with van der Waals surface area (Å²) in [6, 6.07) is 6.45. The van der Waals surface area contributed by atoms with Crippen LogP contribution in [0, 0.1) is 0 Å². The van der Waals surface area contributed by atoms with Gasteiger partial charge in [-0.3, -0.25) is 14.6 Å². The summed E-state index contributed by atoms with van der Waals surface area (Å²) >= 11 is 1.33. The van der Waals surface area contributed by atoms with E-state index in [-0.39, 0.29) is 0 Å². The van der Waals surface area contributed by atoms with Crippen molar-refractivity contribution in [2.75, 3.05) is 10.5 Å². The molecule has 0 fully saturated rings. The summed E-state index contributed by atoms with van der Waals surface area (Å²) in [7, 11) is -3.88. The minimum absolute atomic E-state index is 0.299. The smallest absolute Gasteiger partial charge is 0.320 e. The molecule has 0 aliphatic carbocycles. The number of aliphatic carboxylic acids is 1. The number of H-pyrrole nitrogens is 1. The second-order valence-corrected chi connectivity index (χ2v) is 6.46. The molecule has 0 aliphatic heterocycles. The predicted octanol–water partition coefficient (Wildman–Crippen LogP) is 0.782. The van der Waals surface area contributed by atoms with Crippen molar-refractivity contribution in [3.05, 3.63) is 30.6 Å². The van der Waals surface area contributed by atoms with Crippen LogP contribution >= 0.6 is 11.8 Å². The molecule has 106 valence electrons. The second kappa shape index (κ2) is 5.92. The van der Waals surface area contributed by atoms with Crippen LogP contribution < -0.4 is 4.72 Å². The highest BCUT2D eigenvalue weighted by atomic mass is 32.2. The number of anilines is 1. The molecule has 2 aromatic rings. The normalized spacial score (nSPS) is 11.2. The molecule has 2 rings (SSSR count). The number of benzene rings is 1. The first-order chi connectivity index (χ1) is 9.44. The fourth-order valence-corrected chi connectivity index (χ4v) is 2.91. The van der Waals surface area contributed by atoms with E-state index in [0.717, 1.165) is 4.90 Å². The predicted molar refractivity (Wildman–Crippen MR) is 72.0 cm³/mol. The summed E-state index contributed by atoms with van der Waals surface area (Å²) in [5, 5.41) is 15.5. The molecule has 0 amide bonds. The third-order valence-electron chi connectivity index (χ3n) is 2.05. The molecule has 0 aliphatic rings. The van der Waals surface area contributed by atoms with Crippen molar-refractivity contribution in [1.29, 1.82) is 0 Å². The van der Waals surface area contributed by atoms with E-state index in [1.165, 1.54) is 30.2 Å². The zero-order chi connectivity index (χ0) is 14.6. The Hall–Kier alpha value is -2.07. The molecular weight excluding hydrogens is 304 g/mol. The van der Waals surface area contributed by atoms with E-state index in [2.05, 4.69) is 19.9 Å². The largest absolute Gasteiger partial charge is 0.480 e. The molecule has 0 bridgehead atoms. The molecular formula is C10H10N4O4S2. The number of rotatable bonds is 6. The van der Waals surface area contributed by atoms with E-state index in [1.54, 1.807) is 12.1 Å². The van der Waals surface area contributed by atoms with Gasteiger partial charge < -0.3 is 5.11 Å². The number of nitrogens with one attached hydrogen (secondary N) is 2. The Balaban J connectivity index is 2.03. The van der Waals surface area contributed by atoms with Crippen LogP contribution in [0.4, 0.5) is 5.69 Å². The number of carboxylic acids is 1. The van der Waals surface area contributed by atoms with Gasteiger partial charge in [0.05, 0.1) is 0 Å². The third-order valence-corrected chi connectivity index (χ3v) is 4.12. The van der Waals surface area contributed by atoms with Crippen LogP contribution in [-0.4, -0.2) is 40.4 Å². The van der Waals surface area contributed by atoms with Crippen molar-refractivity contribution < 1.29 is 18.3 Å². The molecule has 1 aromatic heterocycles. The molecule has 0 unspecified atom stereocenters. The van der Waals surface area contributed by atoms with Crippen molar-refractivity contribution in [3.63, 3.8) is 0 Å². The molecule has 3 N–H and O–H groups in total. The maximum absolute atomic E-state index is 11.4. The number of nitrogens with zero attached hydrogens (tertiary/aromatic N) is 2. The first-order valence-corrected chi connectivity index (χ1v) is 7.77. The van der Waals surface area contributed by atoms with Gasteiger partial charge in [-0.1, -0.05) is 11.8 Å². The van der Waals surface area contributed by atoms with E-state index in [9.17, 15) is 13.2 Å². The van der Waals surface area contributed by atoms with Crippen molar-refractivity contribution in [1.82, 2.24) is 15.2 Å². The van der Waals surface area contributed by atoms with Crippen molar-refractivity contribution in [2.45, 2.75) is 10.1 Å². The lowest BCUT2D eigenvalue weighted by atomic mass is 10.3. The molecule has 8 nitrogen and oxygen atoms in total. The molecule has 0 atom stereocenters. The summed E-state index contributed by atoms with van der Waals surface area (Å²) in [4.78, 5) is 15.2. The fraction of sp³-hybridized carbons (Fsp3) is 0.100. The Bertz CT molecular complexity index is 683.